The fraction of sp³-hybridized carbons (Fsp3) is 0.321. The number of carbonyl (C=O) groups is 2. The summed E-state index contributed by atoms with van der Waals surface area (Å²) in [7, 11) is 3.18. The summed E-state index contributed by atoms with van der Waals surface area (Å²) in [6.07, 6.45) is 6.10. The number of methoxy groups -OCH3 is 1. The van der Waals surface area contributed by atoms with Gasteiger partial charge >= 0.3 is 6.09 Å². The quantitative estimate of drug-likeness (QED) is 0.319. The number of benzene rings is 1. The minimum atomic E-state index is -0.565. The molecular formula is C28H27BrN6O4S. The Kier molecular flexibility index (Phi) is 7.39. The van der Waals surface area contributed by atoms with Crippen LogP contribution in [-0.4, -0.2) is 70.1 Å². The van der Waals surface area contributed by atoms with Crippen LogP contribution in [0.25, 0.3) is 27.5 Å². The van der Waals surface area contributed by atoms with Crippen molar-refractivity contribution in [3.05, 3.63) is 64.0 Å². The fourth-order valence-corrected chi connectivity index (χ4v) is 6.83. The molecule has 1 fully saturated rings. The Morgan fingerprint density at radius 1 is 1.23 bits per heavy atom. The molecule has 0 spiro atoms. The molecule has 2 amide bonds. The van der Waals surface area contributed by atoms with E-state index in [9.17, 15) is 9.59 Å². The topological polar surface area (TPSA) is 111 Å². The Hall–Kier alpha value is -3.61. The van der Waals surface area contributed by atoms with Crippen molar-refractivity contribution in [2.24, 2.45) is 0 Å². The van der Waals surface area contributed by atoms with Gasteiger partial charge < -0.3 is 14.4 Å². The van der Waals surface area contributed by atoms with Crippen LogP contribution in [0.1, 0.15) is 34.5 Å². The van der Waals surface area contributed by atoms with E-state index in [0.717, 1.165) is 62.5 Å². The predicted molar refractivity (Wildman–Crippen MR) is 155 cm³/mol. The van der Waals surface area contributed by atoms with Gasteiger partial charge in [0.25, 0.3) is 5.91 Å². The minimum Gasteiger partial charge on any atom is -0.453 e. The van der Waals surface area contributed by atoms with E-state index in [0.29, 0.717) is 30.3 Å². The molecule has 0 atom stereocenters. The molecule has 6 rings (SSSR count). The maximum atomic E-state index is 13.3. The number of nitrogens with one attached hydrogen (secondary N) is 1. The third-order valence-corrected chi connectivity index (χ3v) is 8.97. The van der Waals surface area contributed by atoms with Crippen molar-refractivity contribution < 1.29 is 19.1 Å². The number of aryl methyl sites for hydroxylation is 1. The molecule has 1 aliphatic heterocycles. The number of fused-ring (bicyclic) bond motifs is 3. The second-order valence-electron chi connectivity index (χ2n) is 9.67. The average molecular weight is 624 g/mol. The molecule has 10 nitrogen and oxygen atoms in total. The Morgan fingerprint density at radius 2 is 2.05 bits per heavy atom. The number of anilines is 1. The van der Waals surface area contributed by atoms with Gasteiger partial charge in [0, 0.05) is 59.9 Å². The number of hydrogen-bond acceptors (Lipinski definition) is 8. The Morgan fingerprint density at radius 3 is 2.77 bits per heavy atom. The zero-order valence-electron chi connectivity index (χ0n) is 22.0. The summed E-state index contributed by atoms with van der Waals surface area (Å²) in [5.41, 5.74) is 6.04. The van der Waals surface area contributed by atoms with Crippen molar-refractivity contribution in [2.45, 2.75) is 31.7 Å². The molecule has 12 heteroatoms. The van der Waals surface area contributed by atoms with Crippen molar-refractivity contribution in [1.29, 1.82) is 0 Å². The summed E-state index contributed by atoms with van der Waals surface area (Å²) in [6, 6.07) is 9.67. The van der Waals surface area contributed by atoms with Gasteiger partial charge in [-0.15, -0.1) is 0 Å². The monoisotopic (exact) mass is 622 g/mol. The van der Waals surface area contributed by atoms with Crippen LogP contribution in [0.5, 0.6) is 0 Å². The normalized spacial score (nSPS) is 14.8. The smallest absolute Gasteiger partial charge is 0.413 e. The molecule has 0 saturated carbocycles. The lowest BCUT2D eigenvalue weighted by Gasteiger charge is -2.31. The van der Waals surface area contributed by atoms with Gasteiger partial charge in [-0.1, -0.05) is 11.3 Å². The van der Waals surface area contributed by atoms with Crippen LogP contribution in [-0.2, 0) is 22.3 Å². The molecule has 1 N–H and O–H groups in total. The summed E-state index contributed by atoms with van der Waals surface area (Å²) in [4.78, 5) is 36.9. The molecule has 2 aliphatic rings. The number of amides is 2. The zero-order chi connectivity index (χ0) is 27.8. The Labute approximate surface area is 243 Å². The predicted octanol–water partition coefficient (Wildman–Crippen LogP) is 5.35. The molecule has 0 unspecified atom stereocenters. The molecular weight excluding hydrogens is 596 g/mol. The van der Waals surface area contributed by atoms with Gasteiger partial charge in [-0.25, -0.2) is 14.5 Å². The summed E-state index contributed by atoms with van der Waals surface area (Å²) in [5.74, 6) is -0.0269. The first-order valence-electron chi connectivity index (χ1n) is 13.0. The van der Waals surface area contributed by atoms with E-state index >= 15 is 0 Å². The van der Waals surface area contributed by atoms with Crippen molar-refractivity contribution in [3.63, 3.8) is 0 Å². The Balaban J connectivity index is 1.42. The molecule has 206 valence electrons. The minimum absolute atomic E-state index is 0.0269. The fourth-order valence-electron chi connectivity index (χ4n) is 5.22. The lowest BCUT2D eigenvalue weighted by molar-refractivity contribution is 0.0362. The second-order valence-corrected chi connectivity index (χ2v) is 11.5. The van der Waals surface area contributed by atoms with Crippen LogP contribution < -0.4 is 5.32 Å². The van der Waals surface area contributed by atoms with E-state index in [1.54, 1.807) is 6.20 Å². The van der Waals surface area contributed by atoms with Crippen LogP contribution in [0.3, 0.4) is 0 Å². The van der Waals surface area contributed by atoms with E-state index in [4.69, 9.17) is 14.6 Å². The lowest BCUT2D eigenvalue weighted by Crippen LogP contribution is -2.40. The lowest BCUT2D eigenvalue weighted by atomic mass is 9.95. The summed E-state index contributed by atoms with van der Waals surface area (Å²) in [6.45, 7) is 1.34. The van der Waals surface area contributed by atoms with Crippen LogP contribution in [0.2, 0.25) is 0 Å². The van der Waals surface area contributed by atoms with Gasteiger partial charge in [0.2, 0.25) is 0 Å². The van der Waals surface area contributed by atoms with E-state index < -0.39 is 6.09 Å². The highest BCUT2D eigenvalue weighted by Gasteiger charge is 2.31. The largest absolute Gasteiger partial charge is 0.453 e. The number of halogens is 1. The molecule has 0 radical (unpaired) electrons. The number of hydrogen-bond donors (Lipinski definition) is 1. The maximum Gasteiger partial charge on any atom is 0.413 e. The van der Waals surface area contributed by atoms with Gasteiger partial charge in [0.15, 0.2) is 5.13 Å². The van der Waals surface area contributed by atoms with E-state index in [1.807, 2.05) is 53.2 Å². The molecule has 4 aromatic rings. The standard InChI is InChI=1S/C28H27BrN6O4S/c1-34(18-9-12-39-13-10-18)26(36)16-5-8-22(20(29)14-16)35-24-19(23(33-35)17-4-3-11-30-15-17)6-7-21-25(24)40-27(31-21)32-28(37)38-2/h3-5,8,11,14-15,18H,6-7,9-10,12-13H2,1-2H3,(H,31,32,37). The first-order valence-corrected chi connectivity index (χ1v) is 14.6. The van der Waals surface area contributed by atoms with Gasteiger partial charge in [0.1, 0.15) is 0 Å². The summed E-state index contributed by atoms with van der Waals surface area (Å²) < 4.78 is 12.9. The summed E-state index contributed by atoms with van der Waals surface area (Å²) in [5, 5.41) is 8.23. The number of pyridine rings is 1. The zero-order valence-corrected chi connectivity index (χ0v) is 24.4. The maximum absolute atomic E-state index is 13.3. The van der Waals surface area contributed by atoms with Crippen molar-refractivity contribution in [1.82, 2.24) is 24.6 Å². The van der Waals surface area contributed by atoms with Crippen molar-refractivity contribution in [2.75, 3.05) is 32.7 Å². The molecule has 40 heavy (non-hydrogen) atoms. The van der Waals surface area contributed by atoms with Crippen molar-refractivity contribution >= 4 is 44.4 Å². The SMILES string of the molecule is COC(=O)Nc1nc2c(s1)-c1c(c(-c3cccnc3)nn1-c1ccc(C(=O)N(C)C3CCOCC3)cc1Br)CC2. The van der Waals surface area contributed by atoms with Gasteiger partial charge in [-0.3, -0.25) is 15.1 Å². The molecule has 1 aliphatic carbocycles. The van der Waals surface area contributed by atoms with Crippen LogP contribution in [0.4, 0.5) is 9.93 Å². The first kappa shape index (κ1) is 26.6. The first-order chi connectivity index (χ1) is 19.4. The van der Waals surface area contributed by atoms with E-state index in [-0.39, 0.29) is 11.9 Å². The molecule has 3 aromatic heterocycles. The number of aromatic nitrogens is 4. The van der Waals surface area contributed by atoms with Crippen molar-refractivity contribution in [3.8, 4) is 27.5 Å². The third kappa shape index (κ3) is 4.91. The van der Waals surface area contributed by atoms with Crippen LogP contribution in [0.15, 0.2) is 47.2 Å². The molecule has 1 saturated heterocycles. The second kappa shape index (κ2) is 11.1. The highest BCUT2D eigenvalue weighted by Crippen LogP contribution is 2.44. The summed E-state index contributed by atoms with van der Waals surface area (Å²) >= 11 is 5.12. The number of ether oxygens (including phenoxy) is 2. The van der Waals surface area contributed by atoms with Crippen LogP contribution >= 0.6 is 27.3 Å². The Bertz CT molecular complexity index is 1580. The van der Waals surface area contributed by atoms with E-state index in [2.05, 4.69) is 31.2 Å². The van der Waals surface area contributed by atoms with Gasteiger partial charge in [-0.05, 0) is 71.9 Å². The number of carbonyl (C=O) groups excluding carboxylic acids is 2. The number of nitrogens with zero attached hydrogens (tertiary/aromatic N) is 5. The number of rotatable bonds is 5. The third-order valence-electron chi connectivity index (χ3n) is 7.32. The highest BCUT2D eigenvalue weighted by molar-refractivity contribution is 9.10. The number of thiazole rings is 1. The molecule has 1 aromatic carbocycles. The van der Waals surface area contributed by atoms with Crippen LogP contribution in [0, 0.1) is 0 Å². The van der Waals surface area contributed by atoms with Gasteiger partial charge in [0.05, 0.1) is 34.8 Å². The molecule has 4 heterocycles. The molecule has 0 bridgehead atoms. The van der Waals surface area contributed by atoms with E-state index in [1.165, 1.54) is 18.4 Å². The highest BCUT2D eigenvalue weighted by atomic mass is 79.9. The average Bonchev–Trinajstić information content (AvgIpc) is 3.58. The van der Waals surface area contributed by atoms with Gasteiger partial charge in [-0.2, -0.15) is 5.10 Å².